The number of ether oxygens (including phenoxy) is 1. The summed E-state index contributed by atoms with van der Waals surface area (Å²) in [5.74, 6) is 0.416. The van der Waals surface area contributed by atoms with Crippen molar-refractivity contribution in [3.8, 4) is 5.75 Å². The van der Waals surface area contributed by atoms with Crippen molar-refractivity contribution < 1.29 is 17.9 Å². The maximum absolute atomic E-state index is 12.4. The van der Waals surface area contributed by atoms with E-state index in [0.29, 0.717) is 11.4 Å². The smallest absolute Gasteiger partial charge is 0.240 e. The molecule has 0 aliphatic rings. The molecule has 0 bridgehead atoms. The maximum Gasteiger partial charge on any atom is 0.240 e. The van der Waals surface area contributed by atoms with Crippen molar-refractivity contribution in [3.05, 3.63) is 53.6 Å². The van der Waals surface area contributed by atoms with Gasteiger partial charge in [0.05, 0.1) is 12.0 Å². The van der Waals surface area contributed by atoms with Gasteiger partial charge in [-0.3, -0.25) is 4.79 Å². The highest BCUT2D eigenvalue weighted by atomic mass is 32.2. The Bertz CT molecular complexity index is 830. The average molecular weight is 348 g/mol. The SMILES string of the molecule is COc1ccc(C)cc1CNS(=O)(=O)c1ccc(NC(C)=O)cc1. The number of hydrogen-bond donors (Lipinski definition) is 2. The van der Waals surface area contributed by atoms with Crippen molar-refractivity contribution in [2.24, 2.45) is 0 Å². The minimum absolute atomic E-state index is 0.126. The molecule has 0 spiro atoms. The number of nitrogens with one attached hydrogen (secondary N) is 2. The summed E-state index contributed by atoms with van der Waals surface area (Å²) in [5, 5.41) is 2.59. The zero-order valence-electron chi connectivity index (χ0n) is 13.8. The van der Waals surface area contributed by atoms with E-state index < -0.39 is 10.0 Å². The van der Waals surface area contributed by atoms with Gasteiger partial charge in [-0.2, -0.15) is 0 Å². The lowest BCUT2D eigenvalue weighted by atomic mass is 10.1. The first-order valence-corrected chi connectivity index (χ1v) is 8.81. The summed E-state index contributed by atoms with van der Waals surface area (Å²) in [5.41, 5.74) is 2.32. The van der Waals surface area contributed by atoms with E-state index in [2.05, 4.69) is 10.0 Å². The van der Waals surface area contributed by atoms with Crippen LogP contribution in [0, 0.1) is 6.92 Å². The Morgan fingerprint density at radius 1 is 1.12 bits per heavy atom. The summed E-state index contributed by atoms with van der Waals surface area (Å²) < 4.78 is 32.6. The molecule has 0 atom stereocenters. The minimum Gasteiger partial charge on any atom is -0.496 e. The van der Waals surface area contributed by atoms with E-state index in [0.717, 1.165) is 11.1 Å². The van der Waals surface area contributed by atoms with Crippen LogP contribution >= 0.6 is 0 Å². The van der Waals surface area contributed by atoms with Crippen molar-refractivity contribution in [1.82, 2.24) is 4.72 Å². The lowest BCUT2D eigenvalue weighted by Crippen LogP contribution is -2.23. The third kappa shape index (κ3) is 4.56. The molecule has 0 saturated carbocycles. The molecule has 2 N–H and O–H groups in total. The molecule has 0 saturated heterocycles. The van der Waals surface area contributed by atoms with E-state index in [4.69, 9.17) is 4.74 Å². The molecule has 6 nitrogen and oxygen atoms in total. The molecule has 0 radical (unpaired) electrons. The van der Waals surface area contributed by atoms with Crippen LogP contribution in [0.2, 0.25) is 0 Å². The van der Waals surface area contributed by atoms with Crippen LogP contribution < -0.4 is 14.8 Å². The molecule has 2 aromatic rings. The van der Waals surface area contributed by atoms with Crippen molar-refractivity contribution in [2.75, 3.05) is 12.4 Å². The number of methoxy groups -OCH3 is 1. The number of hydrogen-bond acceptors (Lipinski definition) is 4. The molecule has 0 heterocycles. The van der Waals surface area contributed by atoms with E-state index in [1.54, 1.807) is 25.3 Å². The second-order valence-corrected chi connectivity index (χ2v) is 7.11. The van der Waals surface area contributed by atoms with Gasteiger partial charge in [-0.15, -0.1) is 0 Å². The molecule has 24 heavy (non-hydrogen) atoms. The molecule has 1 amide bonds. The number of rotatable bonds is 6. The highest BCUT2D eigenvalue weighted by Gasteiger charge is 2.15. The van der Waals surface area contributed by atoms with E-state index in [1.807, 2.05) is 19.1 Å². The molecule has 0 aliphatic carbocycles. The molecule has 0 fully saturated rings. The third-order valence-corrected chi connectivity index (χ3v) is 4.79. The van der Waals surface area contributed by atoms with Crippen LogP contribution in [0.4, 0.5) is 5.69 Å². The highest BCUT2D eigenvalue weighted by molar-refractivity contribution is 7.89. The fraction of sp³-hybridized carbons (Fsp3) is 0.235. The number of aryl methyl sites for hydroxylation is 1. The van der Waals surface area contributed by atoms with Gasteiger partial charge < -0.3 is 10.1 Å². The topological polar surface area (TPSA) is 84.5 Å². The van der Waals surface area contributed by atoms with Crippen LogP contribution in [0.1, 0.15) is 18.1 Å². The van der Waals surface area contributed by atoms with Crippen LogP contribution in [-0.2, 0) is 21.4 Å². The number of carbonyl (C=O) groups is 1. The van der Waals surface area contributed by atoms with Gasteiger partial charge in [-0.1, -0.05) is 17.7 Å². The zero-order chi connectivity index (χ0) is 17.7. The molecular weight excluding hydrogens is 328 g/mol. The van der Waals surface area contributed by atoms with E-state index in [9.17, 15) is 13.2 Å². The van der Waals surface area contributed by atoms with Gasteiger partial charge >= 0.3 is 0 Å². The second kappa shape index (κ2) is 7.46. The first kappa shape index (κ1) is 18.0. The fourth-order valence-electron chi connectivity index (χ4n) is 2.22. The molecule has 0 unspecified atom stereocenters. The number of benzene rings is 2. The predicted octanol–water partition coefficient (Wildman–Crippen LogP) is 2.44. The summed E-state index contributed by atoms with van der Waals surface area (Å²) in [4.78, 5) is 11.1. The Morgan fingerprint density at radius 3 is 2.38 bits per heavy atom. The average Bonchev–Trinajstić information content (AvgIpc) is 2.53. The predicted molar refractivity (Wildman–Crippen MR) is 92.5 cm³/mol. The van der Waals surface area contributed by atoms with Gasteiger partial charge in [0.1, 0.15) is 5.75 Å². The monoisotopic (exact) mass is 348 g/mol. The fourth-order valence-corrected chi connectivity index (χ4v) is 3.23. The second-order valence-electron chi connectivity index (χ2n) is 5.35. The normalized spacial score (nSPS) is 11.1. The van der Waals surface area contributed by atoms with Crippen LogP contribution in [0.25, 0.3) is 0 Å². The lowest BCUT2D eigenvalue weighted by molar-refractivity contribution is -0.114. The van der Waals surface area contributed by atoms with Gasteiger partial charge in [-0.25, -0.2) is 13.1 Å². The van der Waals surface area contributed by atoms with Gasteiger partial charge in [0.15, 0.2) is 0 Å². The Kier molecular flexibility index (Phi) is 5.58. The van der Waals surface area contributed by atoms with E-state index >= 15 is 0 Å². The molecule has 0 aliphatic heterocycles. The maximum atomic E-state index is 12.4. The van der Waals surface area contributed by atoms with Crippen LogP contribution in [-0.4, -0.2) is 21.4 Å². The number of anilines is 1. The van der Waals surface area contributed by atoms with E-state index in [1.165, 1.54) is 19.1 Å². The summed E-state index contributed by atoms with van der Waals surface area (Å²) in [6.07, 6.45) is 0. The minimum atomic E-state index is -3.66. The standard InChI is InChI=1S/C17H20N2O4S/c1-12-4-9-17(23-3)14(10-12)11-18-24(21,22)16-7-5-15(6-8-16)19-13(2)20/h4-10,18H,11H2,1-3H3,(H,19,20). The van der Waals surface area contributed by atoms with Crippen molar-refractivity contribution in [3.63, 3.8) is 0 Å². The van der Waals surface area contributed by atoms with E-state index in [-0.39, 0.29) is 17.3 Å². The number of amides is 1. The molecular formula is C17H20N2O4S. The van der Waals surface area contributed by atoms with Crippen LogP contribution in [0.5, 0.6) is 5.75 Å². The Hall–Kier alpha value is -2.38. The number of sulfonamides is 1. The van der Waals surface area contributed by atoms with Gasteiger partial charge in [0.2, 0.25) is 15.9 Å². The molecule has 7 heteroatoms. The van der Waals surface area contributed by atoms with Crippen LogP contribution in [0.15, 0.2) is 47.4 Å². The zero-order valence-corrected chi connectivity index (χ0v) is 14.6. The number of carbonyl (C=O) groups excluding carboxylic acids is 1. The van der Waals surface area contributed by atoms with Crippen LogP contribution in [0.3, 0.4) is 0 Å². The highest BCUT2D eigenvalue weighted by Crippen LogP contribution is 2.20. The Balaban J connectivity index is 2.14. The van der Waals surface area contributed by atoms with Gasteiger partial charge in [0.25, 0.3) is 0 Å². The first-order valence-electron chi connectivity index (χ1n) is 7.32. The molecule has 128 valence electrons. The summed E-state index contributed by atoms with van der Waals surface area (Å²) in [6.45, 7) is 3.44. The van der Waals surface area contributed by atoms with Gasteiger partial charge in [-0.05, 0) is 37.3 Å². The summed E-state index contributed by atoms with van der Waals surface area (Å²) >= 11 is 0. The molecule has 0 aromatic heterocycles. The first-order chi connectivity index (χ1) is 11.3. The van der Waals surface area contributed by atoms with Gasteiger partial charge in [0, 0.05) is 24.7 Å². The largest absolute Gasteiger partial charge is 0.496 e. The molecule has 2 rings (SSSR count). The van der Waals surface area contributed by atoms with Crippen molar-refractivity contribution in [2.45, 2.75) is 25.3 Å². The molecule has 2 aromatic carbocycles. The summed E-state index contributed by atoms with van der Waals surface area (Å²) in [7, 11) is -2.11. The van der Waals surface area contributed by atoms with Crippen molar-refractivity contribution >= 4 is 21.6 Å². The quantitative estimate of drug-likeness (QED) is 0.840. The Morgan fingerprint density at radius 2 is 1.79 bits per heavy atom. The summed E-state index contributed by atoms with van der Waals surface area (Å²) in [6, 6.07) is 11.6. The van der Waals surface area contributed by atoms with Crippen molar-refractivity contribution in [1.29, 1.82) is 0 Å². The Labute approximate surface area is 141 Å². The third-order valence-electron chi connectivity index (χ3n) is 3.37. The lowest BCUT2D eigenvalue weighted by Gasteiger charge is -2.11.